The lowest BCUT2D eigenvalue weighted by atomic mass is 10.2. The first-order valence-corrected chi connectivity index (χ1v) is 6.49. The summed E-state index contributed by atoms with van der Waals surface area (Å²) < 4.78 is 36.0. The molecular formula is C11H10Cl3F3N2O. The van der Waals surface area contributed by atoms with E-state index in [1.54, 1.807) is 5.32 Å². The smallest absolute Gasteiger partial charge is 0.371 e. The maximum Gasteiger partial charge on any atom is 0.405 e. The molecule has 2 N–H and O–H groups in total. The van der Waals surface area contributed by atoms with Crippen LogP contribution in [0.5, 0.6) is 0 Å². The summed E-state index contributed by atoms with van der Waals surface area (Å²) in [4.78, 5) is 11.5. The summed E-state index contributed by atoms with van der Waals surface area (Å²) in [5.74, 6) is -0.829. The predicted molar refractivity (Wildman–Crippen MR) is 73.6 cm³/mol. The number of alkyl halides is 3. The fourth-order valence-electron chi connectivity index (χ4n) is 1.30. The third-order valence-electron chi connectivity index (χ3n) is 2.22. The lowest BCUT2D eigenvalue weighted by Gasteiger charge is -2.18. The van der Waals surface area contributed by atoms with E-state index in [-0.39, 0.29) is 15.7 Å². The standard InChI is InChI=1S/C11H10Cl3F3N2O/c1-5(10(20)18-4-11(15,16)17)19-9-7(13)2-6(12)3-8(9)14/h2-3,5,19H,4H2,1H3,(H,18,20). The Balaban J connectivity index is 2.71. The lowest BCUT2D eigenvalue weighted by Crippen LogP contribution is -2.42. The molecular weight excluding hydrogens is 339 g/mol. The van der Waals surface area contributed by atoms with Crippen molar-refractivity contribution in [2.45, 2.75) is 19.1 Å². The molecule has 9 heteroatoms. The highest BCUT2D eigenvalue weighted by Crippen LogP contribution is 2.34. The number of nitrogens with one attached hydrogen (secondary N) is 2. The van der Waals surface area contributed by atoms with Crippen molar-refractivity contribution in [3.05, 3.63) is 27.2 Å². The Morgan fingerprint density at radius 3 is 2.20 bits per heavy atom. The van der Waals surface area contributed by atoms with Crippen LogP contribution in [0.3, 0.4) is 0 Å². The molecule has 1 rings (SSSR count). The Kier molecular flexibility index (Phi) is 5.79. The van der Waals surface area contributed by atoms with Crippen LogP contribution in [-0.4, -0.2) is 24.7 Å². The van der Waals surface area contributed by atoms with Gasteiger partial charge in [0.1, 0.15) is 12.6 Å². The number of amides is 1. The van der Waals surface area contributed by atoms with Gasteiger partial charge in [0.05, 0.1) is 15.7 Å². The first-order valence-electron chi connectivity index (χ1n) is 5.35. The lowest BCUT2D eigenvalue weighted by molar-refractivity contribution is -0.138. The first kappa shape index (κ1) is 17.2. The molecule has 0 spiro atoms. The molecule has 0 aliphatic rings. The van der Waals surface area contributed by atoms with Crippen LogP contribution in [0.15, 0.2) is 12.1 Å². The van der Waals surface area contributed by atoms with Crippen molar-refractivity contribution in [1.29, 1.82) is 0 Å². The van der Waals surface area contributed by atoms with Crippen molar-refractivity contribution >= 4 is 46.4 Å². The molecule has 0 saturated carbocycles. The van der Waals surface area contributed by atoms with Gasteiger partial charge in [-0.2, -0.15) is 13.2 Å². The van der Waals surface area contributed by atoms with E-state index in [1.807, 2.05) is 0 Å². The number of benzene rings is 1. The van der Waals surface area contributed by atoms with Crippen LogP contribution in [0.4, 0.5) is 18.9 Å². The third-order valence-corrected chi connectivity index (χ3v) is 3.04. The Morgan fingerprint density at radius 1 is 1.25 bits per heavy atom. The summed E-state index contributed by atoms with van der Waals surface area (Å²) in [5.41, 5.74) is 0.229. The second-order valence-corrected chi connectivity index (χ2v) is 5.19. The minimum absolute atomic E-state index is 0.165. The molecule has 1 aromatic rings. The van der Waals surface area contributed by atoms with Crippen molar-refractivity contribution in [3.8, 4) is 0 Å². The van der Waals surface area contributed by atoms with Crippen LogP contribution >= 0.6 is 34.8 Å². The van der Waals surface area contributed by atoms with E-state index in [0.29, 0.717) is 5.02 Å². The van der Waals surface area contributed by atoms with Gasteiger partial charge in [-0.1, -0.05) is 34.8 Å². The van der Waals surface area contributed by atoms with Gasteiger partial charge >= 0.3 is 6.18 Å². The first-order chi connectivity index (χ1) is 9.10. The third kappa shape index (κ3) is 5.26. The molecule has 0 saturated heterocycles. The zero-order valence-corrected chi connectivity index (χ0v) is 12.4. The maximum atomic E-state index is 12.0. The van der Waals surface area contributed by atoms with Gasteiger partial charge in [0, 0.05) is 5.02 Å². The minimum atomic E-state index is -4.47. The van der Waals surface area contributed by atoms with Crippen molar-refractivity contribution in [3.63, 3.8) is 0 Å². The fourth-order valence-corrected chi connectivity index (χ4v) is 2.23. The molecule has 0 heterocycles. The molecule has 0 aromatic heterocycles. The Bertz CT molecular complexity index is 485. The summed E-state index contributed by atoms with van der Waals surface area (Å²) in [6.45, 7) is -0.0209. The summed E-state index contributed by atoms with van der Waals surface area (Å²) in [5, 5.41) is 5.03. The fraction of sp³-hybridized carbons (Fsp3) is 0.364. The van der Waals surface area contributed by atoms with Crippen LogP contribution < -0.4 is 10.6 Å². The van der Waals surface area contributed by atoms with E-state index >= 15 is 0 Å². The zero-order chi connectivity index (χ0) is 15.5. The van der Waals surface area contributed by atoms with E-state index in [4.69, 9.17) is 34.8 Å². The molecule has 0 aliphatic heterocycles. The van der Waals surface area contributed by atoms with Gasteiger partial charge < -0.3 is 10.6 Å². The molecule has 112 valence electrons. The topological polar surface area (TPSA) is 41.1 Å². The average molecular weight is 350 g/mol. The van der Waals surface area contributed by atoms with Crippen LogP contribution in [0.2, 0.25) is 15.1 Å². The summed E-state index contributed by atoms with van der Waals surface area (Å²) in [7, 11) is 0. The molecule has 0 aliphatic carbocycles. The quantitative estimate of drug-likeness (QED) is 0.858. The SMILES string of the molecule is CC(Nc1c(Cl)cc(Cl)cc1Cl)C(=O)NCC(F)(F)F. The number of carbonyl (C=O) groups is 1. The van der Waals surface area contributed by atoms with Gasteiger partial charge in [0.15, 0.2) is 0 Å². The van der Waals surface area contributed by atoms with Crippen molar-refractivity contribution < 1.29 is 18.0 Å². The second-order valence-electron chi connectivity index (χ2n) is 3.94. The van der Waals surface area contributed by atoms with Gasteiger partial charge in [0.25, 0.3) is 0 Å². The van der Waals surface area contributed by atoms with Crippen molar-refractivity contribution in [1.82, 2.24) is 5.32 Å². The van der Waals surface area contributed by atoms with E-state index < -0.39 is 24.7 Å². The maximum absolute atomic E-state index is 12.0. The highest BCUT2D eigenvalue weighted by Gasteiger charge is 2.28. The molecule has 1 aromatic carbocycles. The largest absolute Gasteiger partial charge is 0.405 e. The van der Waals surface area contributed by atoms with Crippen LogP contribution in [0, 0.1) is 0 Å². The van der Waals surface area contributed by atoms with Crippen LogP contribution in [0.1, 0.15) is 6.92 Å². The molecule has 0 bridgehead atoms. The average Bonchev–Trinajstić information content (AvgIpc) is 2.29. The predicted octanol–water partition coefficient (Wildman–Crippen LogP) is 4.13. The normalized spacial score (nSPS) is 12.9. The highest BCUT2D eigenvalue weighted by molar-refractivity contribution is 6.41. The van der Waals surface area contributed by atoms with E-state index in [9.17, 15) is 18.0 Å². The van der Waals surface area contributed by atoms with E-state index in [1.165, 1.54) is 19.1 Å². The minimum Gasteiger partial charge on any atom is -0.371 e. The molecule has 1 unspecified atom stereocenters. The van der Waals surface area contributed by atoms with E-state index in [0.717, 1.165) is 0 Å². The molecule has 0 fully saturated rings. The van der Waals surface area contributed by atoms with Crippen LogP contribution in [0.25, 0.3) is 0 Å². The number of rotatable bonds is 4. The molecule has 0 radical (unpaired) electrons. The molecule has 3 nitrogen and oxygen atoms in total. The Labute approximate surface area is 128 Å². The Hall–Kier alpha value is -0.850. The summed E-state index contributed by atoms with van der Waals surface area (Å²) in [6.07, 6.45) is -4.47. The van der Waals surface area contributed by atoms with Gasteiger partial charge in [-0.3, -0.25) is 4.79 Å². The number of halogens is 6. The molecule has 1 atom stereocenters. The van der Waals surface area contributed by atoms with E-state index in [2.05, 4.69) is 5.32 Å². The molecule has 20 heavy (non-hydrogen) atoms. The number of anilines is 1. The van der Waals surface area contributed by atoms with Gasteiger partial charge in [-0.25, -0.2) is 0 Å². The highest BCUT2D eigenvalue weighted by atomic mass is 35.5. The van der Waals surface area contributed by atoms with Crippen LogP contribution in [-0.2, 0) is 4.79 Å². The monoisotopic (exact) mass is 348 g/mol. The summed E-state index contributed by atoms with van der Waals surface area (Å²) in [6, 6.07) is 1.85. The van der Waals surface area contributed by atoms with Gasteiger partial charge in [0.2, 0.25) is 5.91 Å². The molecule has 1 amide bonds. The number of hydrogen-bond acceptors (Lipinski definition) is 2. The Morgan fingerprint density at radius 2 is 1.75 bits per heavy atom. The van der Waals surface area contributed by atoms with Gasteiger partial charge in [-0.05, 0) is 19.1 Å². The van der Waals surface area contributed by atoms with Crippen molar-refractivity contribution in [2.24, 2.45) is 0 Å². The second kappa shape index (κ2) is 6.74. The number of carbonyl (C=O) groups excluding carboxylic acids is 1. The summed E-state index contributed by atoms with van der Waals surface area (Å²) >= 11 is 17.5. The number of hydrogen-bond donors (Lipinski definition) is 2. The van der Waals surface area contributed by atoms with Crippen molar-refractivity contribution in [2.75, 3.05) is 11.9 Å². The zero-order valence-electron chi connectivity index (χ0n) is 10.1. The van der Waals surface area contributed by atoms with Gasteiger partial charge in [-0.15, -0.1) is 0 Å².